The topological polar surface area (TPSA) is 93.5 Å². The van der Waals surface area contributed by atoms with E-state index >= 15 is 0 Å². The Labute approximate surface area is 145 Å². The molecule has 6 N–H and O–H groups in total. The predicted octanol–water partition coefficient (Wildman–Crippen LogP) is 2.24. The zero-order chi connectivity index (χ0) is 13.8. The maximum Gasteiger partial charge on any atom is 0.144 e. The van der Waals surface area contributed by atoms with Crippen LogP contribution >= 0.6 is 37.2 Å². The van der Waals surface area contributed by atoms with E-state index in [2.05, 4.69) is 5.32 Å². The Morgan fingerprint density at radius 2 is 1.76 bits per heavy atom. The van der Waals surface area contributed by atoms with Crippen molar-refractivity contribution in [3.63, 3.8) is 0 Å². The minimum atomic E-state index is -0.593. The van der Waals surface area contributed by atoms with Crippen molar-refractivity contribution in [3.8, 4) is 5.75 Å². The van der Waals surface area contributed by atoms with Crippen molar-refractivity contribution in [2.75, 3.05) is 24.6 Å². The number of aliphatic hydroxyl groups excluding tert-OH is 1. The summed E-state index contributed by atoms with van der Waals surface area (Å²) < 4.78 is 5.45. The molecule has 0 bridgehead atoms. The molecule has 0 heterocycles. The van der Waals surface area contributed by atoms with Gasteiger partial charge >= 0.3 is 0 Å². The Morgan fingerprint density at radius 3 is 2.29 bits per heavy atom. The highest BCUT2D eigenvalue weighted by molar-refractivity contribution is 5.86. The molecular weight excluding hydrogens is 337 g/mol. The number of hydrogen-bond acceptors (Lipinski definition) is 5. The molecular formula is C13H26Cl3N3O2. The van der Waals surface area contributed by atoms with Crippen LogP contribution in [-0.4, -0.2) is 29.9 Å². The van der Waals surface area contributed by atoms with Gasteiger partial charge in [-0.2, -0.15) is 0 Å². The van der Waals surface area contributed by atoms with Gasteiger partial charge in [-0.05, 0) is 32.9 Å². The molecule has 0 amide bonds. The van der Waals surface area contributed by atoms with Gasteiger partial charge in [-0.3, -0.25) is 0 Å². The first-order chi connectivity index (χ1) is 8.29. The third kappa shape index (κ3) is 9.87. The van der Waals surface area contributed by atoms with Crippen LogP contribution < -0.4 is 21.5 Å². The fourth-order valence-electron chi connectivity index (χ4n) is 1.36. The molecule has 1 unspecified atom stereocenters. The van der Waals surface area contributed by atoms with Gasteiger partial charge in [0.2, 0.25) is 0 Å². The van der Waals surface area contributed by atoms with Crippen molar-refractivity contribution in [1.29, 1.82) is 0 Å². The average Bonchev–Trinajstić information content (AvgIpc) is 2.27. The van der Waals surface area contributed by atoms with Crippen molar-refractivity contribution in [1.82, 2.24) is 5.32 Å². The first kappa shape index (κ1) is 25.4. The normalized spacial score (nSPS) is 11.4. The average molecular weight is 363 g/mol. The second-order valence-electron chi connectivity index (χ2n) is 5.35. The smallest absolute Gasteiger partial charge is 0.144 e. The van der Waals surface area contributed by atoms with Gasteiger partial charge in [0, 0.05) is 12.1 Å². The molecule has 0 aliphatic rings. The van der Waals surface area contributed by atoms with Crippen LogP contribution in [0.3, 0.4) is 0 Å². The Kier molecular flexibility index (Phi) is 13.3. The van der Waals surface area contributed by atoms with Gasteiger partial charge < -0.3 is 26.6 Å². The third-order valence-corrected chi connectivity index (χ3v) is 2.40. The number of ether oxygens (including phenoxy) is 1. The maximum absolute atomic E-state index is 9.77. The minimum absolute atomic E-state index is 0. The zero-order valence-electron chi connectivity index (χ0n) is 12.5. The lowest BCUT2D eigenvalue weighted by Crippen LogP contribution is -2.42. The molecule has 0 aromatic heterocycles. The molecule has 5 nitrogen and oxygen atoms in total. The summed E-state index contributed by atoms with van der Waals surface area (Å²) in [6.07, 6.45) is -0.593. The zero-order valence-corrected chi connectivity index (χ0v) is 14.9. The van der Waals surface area contributed by atoms with E-state index in [0.717, 1.165) is 0 Å². The molecule has 0 aliphatic carbocycles. The van der Waals surface area contributed by atoms with Crippen LogP contribution in [0.5, 0.6) is 5.75 Å². The van der Waals surface area contributed by atoms with Crippen LogP contribution in [-0.2, 0) is 0 Å². The van der Waals surface area contributed by atoms with E-state index in [1.165, 1.54) is 0 Å². The number of halogens is 3. The van der Waals surface area contributed by atoms with E-state index in [1.807, 2.05) is 20.8 Å². The maximum atomic E-state index is 9.77. The van der Waals surface area contributed by atoms with E-state index in [-0.39, 0.29) is 49.4 Å². The summed E-state index contributed by atoms with van der Waals surface area (Å²) in [7, 11) is 0. The van der Waals surface area contributed by atoms with Crippen molar-refractivity contribution >= 4 is 48.6 Å². The molecule has 0 saturated carbocycles. The quantitative estimate of drug-likeness (QED) is 0.603. The van der Waals surface area contributed by atoms with Crippen LogP contribution in [0.15, 0.2) is 18.2 Å². The Hall–Kier alpha value is -0.590. The summed E-state index contributed by atoms with van der Waals surface area (Å²) in [6.45, 7) is 6.76. The van der Waals surface area contributed by atoms with Crippen LogP contribution in [0, 0.1) is 0 Å². The van der Waals surface area contributed by atoms with E-state index in [1.54, 1.807) is 18.2 Å². The molecule has 0 spiro atoms. The molecule has 21 heavy (non-hydrogen) atoms. The number of nitrogen functional groups attached to an aromatic ring is 2. The number of nitrogens with two attached hydrogens (primary N) is 2. The van der Waals surface area contributed by atoms with Gasteiger partial charge in [-0.15, -0.1) is 37.2 Å². The fraction of sp³-hybridized carbons (Fsp3) is 0.538. The van der Waals surface area contributed by atoms with Crippen LogP contribution in [0.1, 0.15) is 20.8 Å². The summed E-state index contributed by atoms with van der Waals surface area (Å²) >= 11 is 0. The van der Waals surface area contributed by atoms with E-state index in [4.69, 9.17) is 16.2 Å². The van der Waals surface area contributed by atoms with Gasteiger partial charge in [-0.25, -0.2) is 0 Å². The number of para-hydroxylation sites is 1. The number of β-amino-alcohol motifs (C(OH)–C–C–N with tert-alkyl or cyclic N) is 1. The predicted molar refractivity (Wildman–Crippen MR) is 96.3 cm³/mol. The van der Waals surface area contributed by atoms with Crippen molar-refractivity contribution < 1.29 is 9.84 Å². The third-order valence-electron chi connectivity index (χ3n) is 2.40. The van der Waals surface area contributed by atoms with Crippen molar-refractivity contribution in [3.05, 3.63) is 18.2 Å². The first-order valence-electron chi connectivity index (χ1n) is 5.99. The van der Waals surface area contributed by atoms with E-state index in [9.17, 15) is 5.11 Å². The minimum Gasteiger partial charge on any atom is -0.489 e. The molecule has 126 valence electrons. The molecule has 1 rings (SSSR count). The second-order valence-corrected chi connectivity index (χ2v) is 5.35. The van der Waals surface area contributed by atoms with Gasteiger partial charge in [0.1, 0.15) is 18.5 Å². The van der Waals surface area contributed by atoms with Gasteiger partial charge in [0.15, 0.2) is 0 Å². The lowest BCUT2D eigenvalue weighted by atomic mass is 10.1. The number of aliphatic hydroxyl groups is 1. The molecule has 1 atom stereocenters. The number of benzene rings is 1. The van der Waals surface area contributed by atoms with Crippen LogP contribution in [0.25, 0.3) is 0 Å². The molecule has 1 aromatic carbocycles. The number of nitrogens with one attached hydrogen (secondary N) is 1. The summed E-state index contributed by atoms with van der Waals surface area (Å²) in [5.74, 6) is 0.504. The number of anilines is 2. The lowest BCUT2D eigenvalue weighted by Gasteiger charge is -2.23. The summed E-state index contributed by atoms with van der Waals surface area (Å²) in [6, 6.07) is 5.20. The van der Waals surface area contributed by atoms with Gasteiger partial charge in [-0.1, -0.05) is 6.07 Å². The standard InChI is InChI=1S/C13H23N3O2.3ClH/c1-13(2,3)16-7-9(17)8-18-11-6-4-5-10(14)12(11)15;;;/h4-6,9,16-17H,7-8,14-15H2,1-3H3;3*1H. The molecule has 0 fully saturated rings. The largest absolute Gasteiger partial charge is 0.489 e. The number of rotatable bonds is 5. The molecule has 0 radical (unpaired) electrons. The van der Waals surface area contributed by atoms with E-state index < -0.39 is 6.10 Å². The second kappa shape index (κ2) is 11.0. The Balaban J connectivity index is -0.00000108. The van der Waals surface area contributed by atoms with Crippen molar-refractivity contribution in [2.45, 2.75) is 32.4 Å². The van der Waals surface area contributed by atoms with E-state index in [0.29, 0.717) is 23.7 Å². The summed E-state index contributed by atoms with van der Waals surface area (Å²) in [4.78, 5) is 0. The highest BCUT2D eigenvalue weighted by Gasteiger charge is 2.13. The van der Waals surface area contributed by atoms with Crippen LogP contribution in [0.2, 0.25) is 0 Å². The Morgan fingerprint density at radius 1 is 1.19 bits per heavy atom. The summed E-state index contributed by atoms with van der Waals surface area (Å²) in [5.41, 5.74) is 12.3. The highest BCUT2D eigenvalue weighted by atomic mass is 35.5. The lowest BCUT2D eigenvalue weighted by molar-refractivity contribution is 0.100. The monoisotopic (exact) mass is 361 g/mol. The van der Waals surface area contributed by atoms with Gasteiger partial charge in [0.05, 0.1) is 11.4 Å². The van der Waals surface area contributed by atoms with Crippen molar-refractivity contribution in [2.24, 2.45) is 0 Å². The molecule has 0 saturated heterocycles. The summed E-state index contributed by atoms with van der Waals surface area (Å²) in [5, 5.41) is 13.0. The fourth-order valence-corrected chi connectivity index (χ4v) is 1.36. The SMILES string of the molecule is CC(C)(C)NCC(O)COc1cccc(N)c1N.Cl.Cl.Cl. The first-order valence-corrected chi connectivity index (χ1v) is 5.99. The highest BCUT2D eigenvalue weighted by Crippen LogP contribution is 2.26. The molecule has 8 heteroatoms. The Bertz CT molecular complexity index is 401. The van der Waals surface area contributed by atoms with Crippen LogP contribution in [0.4, 0.5) is 11.4 Å². The molecule has 1 aromatic rings. The molecule has 0 aliphatic heterocycles. The number of hydrogen-bond donors (Lipinski definition) is 4. The van der Waals surface area contributed by atoms with Gasteiger partial charge in [0.25, 0.3) is 0 Å².